The molecule has 2 aliphatic rings. The van der Waals surface area contributed by atoms with Crippen molar-refractivity contribution >= 4 is 15.7 Å². The quantitative estimate of drug-likeness (QED) is 0.863. The Bertz CT molecular complexity index is 950. The Hall–Kier alpha value is -2.45. The molecule has 1 atom stereocenters. The summed E-state index contributed by atoms with van der Waals surface area (Å²) in [5, 5.41) is 8.24. The average Bonchev–Trinajstić information content (AvgIpc) is 3.18. The number of carbonyl (C=O) groups is 1. The predicted octanol–water partition coefficient (Wildman–Crippen LogP) is 0.939. The van der Waals surface area contributed by atoms with Crippen molar-refractivity contribution in [3.8, 4) is 0 Å². The maximum absolute atomic E-state index is 12.4. The molecule has 136 valence electrons. The molecule has 0 aliphatic carbocycles. The first-order chi connectivity index (χ1) is 12.5. The molecular weight excluding hydrogens is 352 g/mol. The van der Waals surface area contributed by atoms with Gasteiger partial charge in [0, 0.05) is 25.0 Å². The Morgan fingerprint density at radius 2 is 2.04 bits per heavy atom. The van der Waals surface area contributed by atoms with Gasteiger partial charge in [0.2, 0.25) is 0 Å². The maximum atomic E-state index is 12.4. The molecule has 8 heteroatoms. The monoisotopic (exact) mass is 372 g/mol. The van der Waals surface area contributed by atoms with Crippen LogP contribution in [0.2, 0.25) is 0 Å². The molecule has 7 nitrogen and oxygen atoms in total. The molecule has 3 heterocycles. The number of carbonyl (C=O) groups excluding carboxylic acids is 1. The van der Waals surface area contributed by atoms with Crippen LogP contribution in [0.5, 0.6) is 0 Å². The topological polar surface area (TPSA) is 84.3 Å². The third-order valence-electron chi connectivity index (χ3n) is 4.61. The maximum Gasteiger partial charge on any atom is 0.272 e. The summed E-state index contributed by atoms with van der Waals surface area (Å²) in [6.45, 7) is 3.19. The van der Waals surface area contributed by atoms with Gasteiger partial charge >= 0.3 is 0 Å². The van der Waals surface area contributed by atoms with Crippen LogP contribution >= 0.6 is 0 Å². The molecule has 0 bridgehead atoms. The van der Waals surface area contributed by atoms with E-state index in [1.165, 1.54) is 11.6 Å². The summed E-state index contributed by atoms with van der Waals surface area (Å²) in [7, 11) is -3.19. The number of hydrogen-bond acceptors (Lipinski definition) is 5. The van der Waals surface area contributed by atoms with Crippen molar-refractivity contribution < 1.29 is 13.2 Å². The van der Waals surface area contributed by atoms with E-state index in [0.717, 1.165) is 37.3 Å². The van der Waals surface area contributed by atoms with Gasteiger partial charge in [0.15, 0.2) is 15.5 Å². The van der Waals surface area contributed by atoms with Crippen molar-refractivity contribution in [2.45, 2.75) is 25.7 Å². The summed E-state index contributed by atoms with van der Waals surface area (Å²) in [5.74, 6) is -0.426. The molecule has 1 aromatic carbocycles. The first-order valence-electron chi connectivity index (χ1n) is 8.53. The highest BCUT2D eigenvalue weighted by Crippen LogP contribution is 2.17. The van der Waals surface area contributed by atoms with E-state index in [-0.39, 0.29) is 11.7 Å². The molecule has 4 rings (SSSR count). The molecule has 1 N–H and O–H groups in total. The third kappa shape index (κ3) is 3.71. The van der Waals surface area contributed by atoms with Gasteiger partial charge < -0.3 is 5.32 Å². The second-order valence-corrected chi connectivity index (χ2v) is 8.61. The van der Waals surface area contributed by atoms with Gasteiger partial charge in [-0.3, -0.25) is 14.4 Å². The lowest BCUT2D eigenvalue weighted by molar-refractivity contribution is 0.0941. The molecule has 26 heavy (non-hydrogen) atoms. The molecule has 2 aromatic rings. The molecule has 0 fully saturated rings. The van der Waals surface area contributed by atoms with E-state index in [2.05, 4.69) is 27.4 Å². The number of rotatable bonds is 4. The Kier molecular flexibility index (Phi) is 4.37. The highest BCUT2D eigenvalue weighted by Gasteiger charge is 2.26. The van der Waals surface area contributed by atoms with Gasteiger partial charge in [-0.05, 0) is 17.7 Å². The first kappa shape index (κ1) is 17.0. The fraction of sp³-hybridized carbons (Fsp3) is 0.333. The number of amides is 1. The van der Waals surface area contributed by atoms with Crippen molar-refractivity contribution in [2.24, 2.45) is 0 Å². The van der Waals surface area contributed by atoms with Gasteiger partial charge in [0.05, 0.1) is 24.0 Å². The van der Waals surface area contributed by atoms with E-state index >= 15 is 0 Å². The summed E-state index contributed by atoms with van der Waals surface area (Å²) < 4.78 is 24.7. The standard InChI is InChI=1S/C18H20N4O3S/c23-18(19-15-6-9-26(24,25)13-15)17-10-16-12-21(7-8-22(16)20-17)11-14-4-2-1-3-5-14/h1-6,9-10,15H,7-8,11-13H2,(H,19,23)/t15-/m1/s1. The van der Waals surface area contributed by atoms with Crippen molar-refractivity contribution in [3.63, 3.8) is 0 Å². The van der Waals surface area contributed by atoms with Crippen LogP contribution in [0.4, 0.5) is 0 Å². The third-order valence-corrected chi connectivity index (χ3v) is 6.00. The zero-order valence-corrected chi connectivity index (χ0v) is 15.0. The van der Waals surface area contributed by atoms with Gasteiger partial charge in [-0.25, -0.2) is 8.42 Å². The molecule has 0 spiro atoms. The van der Waals surface area contributed by atoms with Crippen LogP contribution in [0, 0.1) is 0 Å². The lowest BCUT2D eigenvalue weighted by atomic mass is 10.2. The molecule has 0 saturated heterocycles. The number of hydrogen-bond donors (Lipinski definition) is 1. The van der Waals surface area contributed by atoms with E-state index in [9.17, 15) is 13.2 Å². The van der Waals surface area contributed by atoms with E-state index in [1.54, 1.807) is 6.07 Å². The zero-order valence-electron chi connectivity index (χ0n) is 14.2. The lowest BCUT2D eigenvalue weighted by Crippen LogP contribution is -2.35. The van der Waals surface area contributed by atoms with E-state index in [0.29, 0.717) is 5.69 Å². The smallest absolute Gasteiger partial charge is 0.272 e. The van der Waals surface area contributed by atoms with Crippen molar-refractivity contribution in [3.05, 3.63) is 64.8 Å². The normalized spacial score (nSPS) is 21.5. The highest BCUT2D eigenvalue weighted by atomic mass is 32.2. The fourth-order valence-corrected chi connectivity index (χ4v) is 4.55. The number of nitrogens with one attached hydrogen (secondary N) is 1. The van der Waals surface area contributed by atoms with Crippen LogP contribution in [0.3, 0.4) is 0 Å². The molecule has 0 saturated carbocycles. The fourth-order valence-electron chi connectivity index (χ4n) is 3.32. The average molecular weight is 372 g/mol. The van der Waals surface area contributed by atoms with E-state index in [1.807, 2.05) is 22.9 Å². The van der Waals surface area contributed by atoms with Gasteiger partial charge in [-0.15, -0.1) is 0 Å². The van der Waals surface area contributed by atoms with Crippen LogP contribution in [0.25, 0.3) is 0 Å². The van der Waals surface area contributed by atoms with Gasteiger partial charge in [0.25, 0.3) is 5.91 Å². The number of nitrogens with zero attached hydrogens (tertiary/aromatic N) is 3. The van der Waals surface area contributed by atoms with Gasteiger partial charge in [-0.2, -0.15) is 5.10 Å². The first-order valence-corrected chi connectivity index (χ1v) is 10.2. The minimum atomic E-state index is -3.19. The largest absolute Gasteiger partial charge is 0.343 e. The molecule has 0 radical (unpaired) electrons. The predicted molar refractivity (Wildman–Crippen MR) is 97.0 cm³/mol. The van der Waals surface area contributed by atoms with Crippen LogP contribution in [-0.2, 0) is 29.5 Å². The summed E-state index contributed by atoms with van der Waals surface area (Å²) in [5.41, 5.74) is 2.58. The van der Waals surface area contributed by atoms with Crippen molar-refractivity contribution in [1.29, 1.82) is 0 Å². The van der Waals surface area contributed by atoms with Gasteiger partial charge in [0.1, 0.15) is 0 Å². The molecule has 1 amide bonds. The highest BCUT2D eigenvalue weighted by molar-refractivity contribution is 7.94. The number of benzene rings is 1. The van der Waals surface area contributed by atoms with E-state index in [4.69, 9.17) is 0 Å². The van der Waals surface area contributed by atoms with Crippen molar-refractivity contribution in [2.75, 3.05) is 12.3 Å². The van der Waals surface area contributed by atoms with Crippen molar-refractivity contribution in [1.82, 2.24) is 20.0 Å². The Morgan fingerprint density at radius 3 is 2.77 bits per heavy atom. The van der Waals surface area contributed by atoms with Crippen LogP contribution in [-0.4, -0.2) is 47.3 Å². The zero-order chi connectivity index (χ0) is 18.1. The Balaban J connectivity index is 1.41. The lowest BCUT2D eigenvalue weighted by Gasteiger charge is -2.27. The van der Waals surface area contributed by atoms with E-state index < -0.39 is 15.9 Å². The number of sulfone groups is 1. The van der Waals surface area contributed by atoms with Crippen LogP contribution in [0.15, 0.2) is 47.9 Å². The second kappa shape index (κ2) is 6.69. The molecular formula is C18H20N4O3S. The summed E-state index contributed by atoms with van der Waals surface area (Å²) in [4.78, 5) is 14.7. The minimum absolute atomic E-state index is 0.0862. The Morgan fingerprint density at radius 1 is 1.23 bits per heavy atom. The van der Waals surface area contributed by atoms with Gasteiger partial charge in [-0.1, -0.05) is 30.3 Å². The summed E-state index contributed by atoms with van der Waals surface area (Å²) in [6, 6.07) is 11.6. The summed E-state index contributed by atoms with van der Waals surface area (Å²) in [6.07, 6.45) is 1.50. The Labute approximate surface area is 152 Å². The van der Waals surface area contributed by atoms with Crippen LogP contribution in [0.1, 0.15) is 21.7 Å². The number of fused-ring (bicyclic) bond motifs is 1. The molecule has 2 aliphatic heterocycles. The second-order valence-electron chi connectivity index (χ2n) is 6.68. The molecule has 0 unspecified atom stereocenters. The minimum Gasteiger partial charge on any atom is -0.343 e. The summed E-state index contributed by atoms with van der Waals surface area (Å²) >= 11 is 0. The molecule has 1 aromatic heterocycles. The van der Waals surface area contributed by atoms with Crippen LogP contribution < -0.4 is 5.32 Å². The SMILES string of the molecule is O=C(N[C@@H]1C=CS(=O)(=O)C1)c1cc2n(n1)CCN(Cc1ccccc1)C2. The number of aromatic nitrogens is 2.